The molecule has 2 rings (SSSR count). The largest absolute Gasteiger partial charge is 0.314 e. The van der Waals surface area contributed by atoms with E-state index in [9.17, 15) is 0 Å². The van der Waals surface area contributed by atoms with Crippen molar-refractivity contribution < 1.29 is 0 Å². The topological polar surface area (TPSA) is 18.5 Å². The Hall–Kier alpha value is -0.120. The molecule has 1 aliphatic carbocycles. The van der Waals surface area contributed by atoms with Crippen molar-refractivity contribution in [1.82, 2.24) is 15.1 Å². The van der Waals surface area contributed by atoms with Gasteiger partial charge in [-0.05, 0) is 72.3 Å². The Morgan fingerprint density at radius 2 is 1.94 bits per heavy atom. The lowest BCUT2D eigenvalue weighted by atomic mass is 10.2. The van der Waals surface area contributed by atoms with E-state index >= 15 is 0 Å². The summed E-state index contributed by atoms with van der Waals surface area (Å²) in [4.78, 5) is 5.17. The molecule has 1 atom stereocenters. The Bertz CT molecular complexity index is 228. The fraction of sp³-hybridized carbons (Fsp3) is 1.00. The molecule has 0 amide bonds. The van der Waals surface area contributed by atoms with Crippen LogP contribution in [0.25, 0.3) is 0 Å². The summed E-state index contributed by atoms with van der Waals surface area (Å²) in [5.74, 6) is 0. The number of nitrogens with one attached hydrogen (secondary N) is 1. The van der Waals surface area contributed by atoms with Gasteiger partial charge in [-0.1, -0.05) is 6.42 Å². The summed E-state index contributed by atoms with van der Waals surface area (Å²) >= 11 is 0. The molecule has 2 fully saturated rings. The van der Waals surface area contributed by atoms with Crippen LogP contribution in [0.15, 0.2) is 0 Å². The van der Waals surface area contributed by atoms with Gasteiger partial charge in [-0.15, -0.1) is 0 Å². The molecule has 1 heterocycles. The van der Waals surface area contributed by atoms with E-state index in [0.717, 1.165) is 12.1 Å². The molecule has 0 bridgehead atoms. The fourth-order valence-electron chi connectivity index (χ4n) is 2.96. The second-order valence-corrected chi connectivity index (χ2v) is 6.29. The maximum absolute atomic E-state index is 3.60. The summed E-state index contributed by atoms with van der Waals surface area (Å²) in [6.07, 6.45) is 8.29. The Labute approximate surface area is 113 Å². The maximum atomic E-state index is 3.60. The Balaban J connectivity index is 1.51. The predicted octanol–water partition coefficient (Wildman–Crippen LogP) is 1.93. The highest BCUT2D eigenvalue weighted by Crippen LogP contribution is 2.18. The molecule has 3 heteroatoms. The molecule has 3 nitrogen and oxygen atoms in total. The number of likely N-dealkylation sites (N-methyl/N-ethyl adjacent to an activating group) is 1. The zero-order chi connectivity index (χ0) is 12.8. The van der Waals surface area contributed by atoms with Crippen molar-refractivity contribution in [3.05, 3.63) is 0 Å². The second-order valence-electron chi connectivity index (χ2n) is 6.29. The summed E-state index contributed by atoms with van der Waals surface area (Å²) in [5.41, 5.74) is 0. The van der Waals surface area contributed by atoms with Gasteiger partial charge >= 0.3 is 0 Å². The molecule has 2 aliphatic rings. The minimum atomic E-state index is 0.738. The number of hydrogen-bond donors (Lipinski definition) is 1. The van der Waals surface area contributed by atoms with E-state index in [2.05, 4.69) is 29.1 Å². The number of nitrogens with zero attached hydrogens (tertiary/aromatic N) is 2. The summed E-state index contributed by atoms with van der Waals surface area (Å²) in [6.45, 7) is 8.74. The van der Waals surface area contributed by atoms with Crippen molar-refractivity contribution in [3.63, 3.8) is 0 Å². The van der Waals surface area contributed by atoms with E-state index in [-0.39, 0.29) is 0 Å². The fourth-order valence-corrected chi connectivity index (χ4v) is 2.96. The van der Waals surface area contributed by atoms with E-state index in [1.807, 2.05) is 0 Å². The second kappa shape index (κ2) is 7.46. The highest BCUT2D eigenvalue weighted by molar-refractivity contribution is 4.80. The normalized spacial score (nSPS) is 27.3. The van der Waals surface area contributed by atoms with Crippen LogP contribution in [0.4, 0.5) is 0 Å². The van der Waals surface area contributed by atoms with Crippen LogP contribution in [0.3, 0.4) is 0 Å². The minimum Gasteiger partial charge on any atom is -0.314 e. The predicted molar refractivity (Wildman–Crippen MR) is 78.0 cm³/mol. The Morgan fingerprint density at radius 3 is 2.72 bits per heavy atom. The van der Waals surface area contributed by atoms with Gasteiger partial charge in [-0.25, -0.2) is 0 Å². The molecule has 1 unspecified atom stereocenters. The Morgan fingerprint density at radius 1 is 1.11 bits per heavy atom. The first-order valence-corrected chi connectivity index (χ1v) is 7.91. The van der Waals surface area contributed by atoms with Gasteiger partial charge in [-0.3, -0.25) is 4.90 Å². The number of unbranched alkanes of at least 4 members (excludes halogenated alkanes) is 2. The van der Waals surface area contributed by atoms with Crippen LogP contribution in [0, 0.1) is 0 Å². The number of rotatable bonds is 7. The molecular weight excluding hydrogens is 222 g/mol. The first-order valence-electron chi connectivity index (χ1n) is 7.91. The Kier molecular flexibility index (Phi) is 5.93. The summed E-state index contributed by atoms with van der Waals surface area (Å²) < 4.78 is 0. The highest BCUT2D eigenvalue weighted by Gasteiger charge is 2.20. The van der Waals surface area contributed by atoms with Crippen LogP contribution in [0.1, 0.15) is 45.4 Å². The molecule has 0 radical (unpaired) electrons. The zero-order valence-electron chi connectivity index (χ0n) is 12.3. The van der Waals surface area contributed by atoms with Crippen LogP contribution >= 0.6 is 0 Å². The van der Waals surface area contributed by atoms with E-state index < -0.39 is 0 Å². The average molecular weight is 253 g/mol. The standard InChI is InChI=1S/C15H31N3/c1-14-13-17(2)10-6-12-18(14)11-5-3-4-9-16-15-7-8-15/h14-16H,3-13H2,1-2H3. The number of hydrogen-bond acceptors (Lipinski definition) is 3. The van der Waals surface area contributed by atoms with Gasteiger partial charge in [-0.2, -0.15) is 0 Å². The molecule has 1 saturated heterocycles. The third kappa shape index (κ3) is 5.25. The minimum absolute atomic E-state index is 0.738. The molecule has 1 aliphatic heterocycles. The van der Waals surface area contributed by atoms with Gasteiger partial charge in [0.2, 0.25) is 0 Å². The van der Waals surface area contributed by atoms with Crippen molar-refractivity contribution in [3.8, 4) is 0 Å². The van der Waals surface area contributed by atoms with Crippen molar-refractivity contribution >= 4 is 0 Å². The summed E-state index contributed by atoms with van der Waals surface area (Å²) in [6, 6.07) is 1.62. The zero-order valence-corrected chi connectivity index (χ0v) is 12.3. The van der Waals surface area contributed by atoms with Crippen molar-refractivity contribution in [2.24, 2.45) is 0 Å². The van der Waals surface area contributed by atoms with Gasteiger partial charge < -0.3 is 10.2 Å². The lowest BCUT2D eigenvalue weighted by Gasteiger charge is -2.27. The average Bonchev–Trinajstić information content (AvgIpc) is 3.14. The lowest BCUT2D eigenvalue weighted by Crippen LogP contribution is -2.38. The van der Waals surface area contributed by atoms with Gasteiger partial charge in [0, 0.05) is 18.6 Å². The van der Waals surface area contributed by atoms with Crippen LogP contribution in [0.5, 0.6) is 0 Å². The van der Waals surface area contributed by atoms with Crippen molar-refractivity contribution in [1.29, 1.82) is 0 Å². The molecule has 18 heavy (non-hydrogen) atoms. The van der Waals surface area contributed by atoms with E-state index in [0.29, 0.717) is 0 Å². The summed E-state index contributed by atoms with van der Waals surface area (Å²) in [5, 5.41) is 3.60. The quantitative estimate of drug-likeness (QED) is 0.700. The van der Waals surface area contributed by atoms with Crippen LogP contribution < -0.4 is 5.32 Å². The molecule has 1 N–H and O–H groups in total. The maximum Gasteiger partial charge on any atom is 0.0194 e. The molecular formula is C15H31N3. The summed E-state index contributed by atoms with van der Waals surface area (Å²) in [7, 11) is 2.25. The molecule has 0 aromatic heterocycles. The van der Waals surface area contributed by atoms with Crippen molar-refractivity contribution in [2.75, 3.05) is 39.8 Å². The molecule has 106 valence electrons. The first kappa shape index (κ1) is 14.3. The van der Waals surface area contributed by atoms with Crippen LogP contribution in [-0.2, 0) is 0 Å². The highest BCUT2D eigenvalue weighted by atomic mass is 15.2. The van der Waals surface area contributed by atoms with Crippen LogP contribution in [0.2, 0.25) is 0 Å². The van der Waals surface area contributed by atoms with Gasteiger partial charge in [0.1, 0.15) is 0 Å². The molecule has 0 aromatic rings. The van der Waals surface area contributed by atoms with Crippen molar-refractivity contribution in [2.45, 2.75) is 57.5 Å². The van der Waals surface area contributed by atoms with Gasteiger partial charge in [0.15, 0.2) is 0 Å². The van der Waals surface area contributed by atoms with Gasteiger partial charge in [0.25, 0.3) is 0 Å². The van der Waals surface area contributed by atoms with E-state index in [4.69, 9.17) is 0 Å². The smallest absolute Gasteiger partial charge is 0.0194 e. The monoisotopic (exact) mass is 253 g/mol. The van der Waals surface area contributed by atoms with Crippen LogP contribution in [-0.4, -0.2) is 61.7 Å². The van der Waals surface area contributed by atoms with E-state index in [1.165, 1.54) is 71.2 Å². The molecule has 1 saturated carbocycles. The lowest BCUT2D eigenvalue weighted by molar-refractivity contribution is 0.198. The van der Waals surface area contributed by atoms with Gasteiger partial charge in [0.05, 0.1) is 0 Å². The molecule has 0 aromatic carbocycles. The third-order valence-corrected chi connectivity index (χ3v) is 4.32. The third-order valence-electron chi connectivity index (χ3n) is 4.32. The SMILES string of the molecule is CC1CN(C)CCCN1CCCCCNC1CC1. The van der Waals surface area contributed by atoms with E-state index in [1.54, 1.807) is 0 Å². The molecule has 0 spiro atoms. The first-order chi connectivity index (χ1) is 8.75.